The maximum atomic E-state index is 5.01. The lowest BCUT2D eigenvalue weighted by Gasteiger charge is -2.07. The first-order valence-electron chi connectivity index (χ1n) is 4.71. The molecule has 0 fully saturated rings. The number of ether oxygens (including phenoxy) is 1. The van der Waals surface area contributed by atoms with E-state index in [0.717, 1.165) is 30.1 Å². The summed E-state index contributed by atoms with van der Waals surface area (Å²) in [4.78, 5) is 4.17. The molecule has 0 atom stereocenters. The number of rotatable bonds is 5. The van der Waals surface area contributed by atoms with Crippen LogP contribution in [-0.2, 0) is 0 Å². The Morgan fingerprint density at radius 2 is 2.36 bits per heavy atom. The summed E-state index contributed by atoms with van der Waals surface area (Å²) in [5.41, 5.74) is 0.991. The highest BCUT2D eigenvalue weighted by atomic mass is 16.5. The highest BCUT2D eigenvalue weighted by Gasteiger charge is 1.96. The van der Waals surface area contributed by atoms with Crippen LogP contribution in [0, 0.1) is 0 Å². The van der Waals surface area contributed by atoms with Crippen molar-refractivity contribution < 1.29 is 4.74 Å². The van der Waals surface area contributed by atoms with Gasteiger partial charge >= 0.3 is 0 Å². The van der Waals surface area contributed by atoms with Crippen LogP contribution in [0.15, 0.2) is 30.6 Å². The maximum absolute atomic E-state index is 5.01. The first kappa shape index (κ1) is 10.6. The van der Waals surface area contributed by atoms with Gasteiger partial charge in [-0.25, -0.2) is 4.98 Å². The molecular weight excluding hydrogens is 176 g/mol. The number of allylic oxidation sites excluding steroid dienone is 1. The molecule has 0 amide bonds. The van der Waals surface area contributed by atoms with Gasteiger partial charge in [-0.05, 0) is 18.6 Å². The smallest absolute Gasteiger partial charge is 0.137 e. The van der Waals surface area contributed by atoms with E-state index in [4.69, 9.17) is 4.74 Å². The van der Waals surface area contributed by atoms with Crippen molar-refractivity contribution in [3.8, 4) is 5.75 Å². The van der Waals surface area contributed by atoms with Gasteiger partial charge in [0.25, 0.3) is 0 Å². The van der Waals surface area contributed by atoms with Crippen LogP contribution in [0.3, 0.4) is 0 Å². The number of anilines is 1. The third-order valence-electron chi connectivity index (χ3n) is 1.83. The van der Waals surface area contributed by atoms with E-state index in [-0.39, 0.29) is 0 Å². The van der Waals surface area contributed by atoms with Crippen LogP contribution in [0.4, 0.5) is 5.82 Å². The molecule has 0 saturated carbocycles. The Balaban J connectivity index is 2.55. The largest absolute Gasteiger partial charge is 0.495 e. The van der Waals surface area contributed by atoms with Gasteiger partial charge in [0.2, 0.25) is 0 Å². The highest BCUT2D eigenvalue weighted by molar-refractivity contribution is 5.42. The van der Waals surface area contributed by atoms with E-state index in [2.05, 4.69) is 23.8 Å². The lowest BCUT2D eigenvalue weighted by atomic mass is 10.3. The normalized spacial score (nSPS) is 9.57. The number of pyridine rings is 1. The Bertz CT molecular complexity index is 293. The summed E-state index contributed by atoms with van der Waals surface area (Å²) in [5.74, 6) is 1.57. The van der Waals surface area contributed by atoms with Gasteiger partial charge in [0, 0.05) is 5.70 Å². The van der Waals surface area contributed by atoms with Gasteiger partial charge in [0.1, 0.15) is 11.6 Å². The molecule has 3 heteroatoms. The summed E-state index contributed by atoms with van der Waals surface area (Å²) < 4.78 is 5.01. The molecular formula is C11H16N2O. The number of hydrogen-bond acceptors (Lipinski definition) is 3. The molecule has 0 aliphatic heterocycles. The summed E-state index contributed by atoms with van der Waals surface area (Å²) in [7, 11) is 1.63. The first-order chi connectivity index (χ1) is 6.76. The van der Waals surface area contributed by atoms with Crippen molar-refractivity contribution in [2.24, 2.45) is 0 Å². The predicted octanol–water partition coefficient (Wildman–Crippen LogP) is 2.82. The Kier molecular flexibility index (Phi) is 3.98. The van der Waals surface area contributed by atoms with E-state index in [1.807, 2.05) is 12.1 Å². The third-order valence-corrected chi connectivity index (χ3v) is 1.83. The molecule has 0 bridgehead atoms. The molecule has 0 aromatic carbocycles. The van der Waals surface area contributed by atoms with Gasteiger partial charge in [-0.2, -0.15) is 0 Å². The molecule has 1 rings (SSSR count). The van der Waals surface area contributed by atoms with Crippen LogP contribution in [0.5, 0.6) is 5.75 Å². The number of methoxy groups -OCH3 is 1. The molecule has 14 heavy (non-hydrogen) atoms. The zero-order chi connectivity index (χ0) is 10.4. The molecule has 1 heterocycles. The first-order valence-corrected chi connectivity index (χ1v) is 4.71. The fraction of sp³-hybridized carbons (Fsp3) is 0.364. The molecule has 1 N–H and O–H groups in total. The van der Waals surface area contributed by atoms with E-state index >= 15 is 0 Å². The van der Waals surface area contributed by atoms with Gasteiger partial charge in [0.15, 0.2) is 0 Å². The van der Waals surface area contributed by atoms with Crippen molar-refractivity contribution in [1.82, 2.24) is 4.98 Å². The van der Waals surface area contributed by atoms with Crippen molar-refractivity contribution in [2.75, 3.05) is 12.4 Å². The summed E-state index contributed by atoms with van der Waals surface area (Å²) in [6.45, 7) is 6.02. The number of nitrogens with one attached hydrogen (secondary N) is 1. The highest BCUT2D eigenvalue weighted by Crippen LogP contribution is 2.13. The summed E-state index contributed by atoms with van der Waals surface area (Å²) in [6.07, 6.45) is 3.73. The van der Waals surface area contributed by atoms with Crippen LogP contribution in [-0.4, -0.2) is 12.1 Å². The van der Waals surface area contributed by atoms with Crippen molar-refractivity contribution in [3.63, 3.8) is 0 Å². The second-order valence-electron chi connectivity index (χ2n) is 3.06. The zero-order valence-corrected chi connectivity index (χ0v) is 8.71. The molecule has 3 nitrogen and oxygen atoms in total. The number of hydrogen-bond donors (Lipinski definition) is 1. The molecule has 0 radical (unpaired) electrons. The standard InChI is InChI=1S/C11H16N2O/c1-4-5-9(2)13-11-7-6-10(14-3)8-12-11/h6-8H,2,4-5H2,1,3H3,(H,12,13). The molecule has 0 spiro atoms. The van der Waals surface area contributed by atoms with Crippen molar-refractivity contribution >= 4 is 5.82 Å². The van der Waals surface area contributed by atoms with Crippen molar-refractivity contribution in [3.05, 3.63) is 30.6 Å². The van der Waals surface area contributed by atoms with Crippen molar-refractivity contribution in [1.29, 1.82) is 0 Å². The number of nitrogens with zero attached hydrogens (tertiary/aromatic N) is 1. The van der Waals surface area contributed by atoms with Crippen LogP contribution < -0.4 is 10.1 Å². The molecule has 0 saturated heterocycles. The Morgan fingerprint density at radius 1 is 1.57 bits per heavy atom. The fourth-order valence-electron chi connectivity index (χ4n) is 1.12. The second-order valence-corrected chi connectivity index (χ2v) is 3.06. The molecule has 0 unspecified atom stereocenters. The average Bonchev–Trinajstić information content (AvgIpc) is 2.19. The van der Waals surface area contributed by atoms with Crippen LogP contribution >= 0.6 is 0 Å². The topological polar surface area (TPSA) is 34.1 Å². The molecule has 0 aliphatic carbocycles. The zero-order valence-electron chi connectivity index (χ0n) is 8.71. The minimum absolute atomic E-state index is 0.761. The molecule has 0 aliphatic rings. The molecule has 76 valence electrons. The summed E-state index contributed by atoms with van der Waals surface area (Å²) >= 11 is 0. The van der Waals surface area contributed by atoms with E-state index in [9.17, 15) is 0 Å². The third kappa shape index (κ3) is 3.09. The van der Waals surface area contributed by atoms with Gasteiger partial charge in [-0.15, -0.1) is 0 Å². The summed E-state index contributed by atoms with van der Waals surface area (Å²) in [6, 6.07) is 3.74. The molecule has 1 aromatic rings. The average molecular weight is 192 g/mol. The van der Waals surface area contributed by atoms with Gasteiger partial charge in [-0.3, -0.25) is 0 Å². The van der Waals surface area contributed by atoms with Crippen LogP contribution in [0.25, 0.3) is 0 Å². The van der Waals surface area contributed by atoms with E-state index in [1.54, 1.807) is 13.3 Å². The lowest BCUT2D eigenvalue weighted by molar-refractivity contribution is 0.413. The maximum Gasteiger partial charge on any atom is 0.137 e. The van der Waals surface area contributed by atoms with E-state index in [1.165, 1.54) is 0 Å². The van der Waals surface area contributed by atoms with E-state index in [0.29, 0.717) is 0 Å². The second kappa shape index (κ2) is 5.27. The fourth-order valence-corrected chi connectivity index (χ4v) is 1.12. The Labute approximate surface area is 84.8 Å². The van der Waals surface area contributed by atoms with Gasteiger partial charge in [-0.1, -0.05) is 19.9 Å². The summed E-state index contributed by atoms with van der Waals surface area (Å²) in [5, 5.41) is 3.13. The Morgan fingerprint density at radius 3 is 2.86 bits per heavy atom. The monoisotopic (exact) mass is 192 g/mol. The number of aromatic nitrogens is 1. The quantitative estimate of drug-likeness (QED) is 0.779. The lowest BCUT2D eigenvalue weighted by Crippen LogP contribution is -1.99. The van der Waals surface area contributed by atoms with Crippen LogP contribution in [0.1, 0.15) is 19.8 Å². The minimum atomic E-state index is 0.761. The van der Waals surface area contributed by atoms with Gasteiger partial charge < -0.3 is 10.1 Å². The van der Waals surface area contributed by atoms with Crippen LogP contribution in [0.2, 0.25) is 0 Å². The van der Waals surface area contributed by atoms with Gasteiger partial charge in [0.05, 0.1) is 13.3 Å². The Hall–Kier alpha value is -1.51. The molecule has 1 aromatic heterocycles. The predicted molar refractivity (Wildman–Crippen MR) is 58.5 cm³/mol. The minimum Gasteiger partial charge on any atom is -0.495 e. The SMILES string of the molecule is C=C(CCC)Nc1ccc(OC)cn1. The van der Waals surface area contributed by atoms with Crippen molar-refractivity contribution in [2.45, 2.75) is 19.8 Å². The van der Waals surface area contributed by atoms with E-state index < -0.39 is 0 Å².